The quantitative estimate of drug-likeness (QED) is 0.690. The molecule has 5 heteroatoms. The van der Waals surface area contributed by atoms with Crippen LogP contribution in [0.15, 0.2) is 0 Å². The third-order valence-electron chi connectivity index (χ3n) is 3.09. The SMILES string of the molecule is CCS(=O)(=O)N1CC(N)(C2CC2)C1. The maximum absolute atomic E-state index is 11.4. The monoisotopic (exact) mass is 204 g/mol. The predicted molar refractivity (Wildman–Crippen MR) is 50.7 cm³/mol. The van der Waals surface area contributed by atoms with Crippen LogP contribution in [0.25, 0.3) is 0 Å². The van der Waals surface area contributed by atoms with E-state index < -0.39 is 10.0 Å². The van der Waals surface area contributed by atoms with Gasteiger partial charge in [-0.25, -0.2) is 8.42 Å². The first-order chi connectivity index (χ1) is 5.98. The van der Waals surface area contributed by atoms with E-state index in [0.717, 1.165) is 0 Å². The molecule has 2 rings (SSSR count). The summed E-state index contributed by atoms with van der Waals surface area (Å²) in [6.45, 7) is 2.74. The van der Waals surface area contributed by atoms with E-state index in [4.69, 9.17) is 5.73 Å². The number of nitrogens with two attached hydrogens (primary N) is 1. The zero-order chi connectivity index (χ0) is 9.69. The number of hydrogen-bond acceptors (Lipinski definition) is 3. The van der Waals surface area contributed by atoms with Gasteiger partial charge in [0.05, 0.1) is 5.75 Å². The van der Waals surface area contributed by atoms with Gasteiger partial charge >= 0.3 is 0 Å². The van der Waals surface area contributed by atoms with Crippen LogP contribution in [0.3, 0.4) is 0 Å². The van der Waals surface area contributed by atoms with E-state index >= 15 is 0 Å². The first kappa shape index (κ1) is 9.43. The highest BCUT2D eigenvalue weighted by atomic mass is 32.2. The molecule has 76 valence electrons. The van der Waals surface area contributed by atoms with Crippen LogP contribution in [0, 0.1) is 5.92 Å². The smallest absolute Gasteiger partial charge is 0.213 e. The Bertz CT molecular complexity index is 302. The Morgan fingerprint density at radius 2 is 2.00 bits per heavy atom. The molecule has 1 aliphatic carbocycles. The van der Waals surface area contributed by atoms with E-state index in [9.17, 15) is 8.42 Å². The third kappa shape index (κ3) is 1.49. The van der Waals surface area contributed by atoms with Crippen LogP contribution in [0.1, 0.15) is 19.8 Å². The van der Waals surface area contributed by atoms with Gasteiger partial charge in [0.1, 0.15) is 0 Å². The van der Waals surface area contributed by atoms with Gasteiger partial charge in [-0.15, -0.1) is 0 Å². The average Bonchev–Trinajstić information content (AvgIpc) is 2.80. The first-order valence-corrected chi connectivity index (χ1v) is 6.35. The Morgan fingerprint density at radius 1 is 1.46 bits per heavy atom. The molecule has 4 nitrogen and oxygen atoms in total. The van der Waals surface area contributed by atoms with Crippen molar-refractivity contribution in [2.75, 3.05) is 18.8 Å². The highest BCUT2D eigenvalue weighted by molar-refractivity contribution is 7.89. The van der Waals surface area contributed by atoms with Gasteiger partial charge in [0, 0.05) is 18.6 Å². The molecule has 0 atom stereocenters. The van der Waals surface area contributed by atoms with Crippen molar-refractivity contribution in [1.29, 1.82) is 0 Å². The lowest BCUT2D eigenvalue weighted by Crippen LogP contribution is -2.69. The molecule has 0 aromatic heterocycles. The molecule has 2 aliphatic rings. The van der Waals surface area contributed by atoms with Crippen LogP contribution in [-0.2, 0) is 10.0 Å². The van der Waals surface area contributed by atoms with Gasteiger partial charge in [0.25, 0.3) is 0 Å². The number of nitrogens with zero attached hydrogens (tertiary/aromatic N) is 1. The Hall–Kier alpha value is -0.130. The minimum atomic E-state index is -2.98. The lowest BCUT2D eigenvalue weighted by Gasteiger charge is -2.47. The van der Waals surface area contributed by atoms with E-state index in [2.05, 4.69) is 0 Å². The summed E-state index contributed by atoms with van der Waals surface area (Å²) in [6, 6.07) is 0. The van der Waals surface area contributed by atoms with Gasteiger partial charge in [-0.05, 0) is 25.7 Å². The summed E-state index contributed by atoms with van der Waals surface area (Å²) in [6.07, 6.45) is 2.35. The van der Waals surface area contributed by atoms with Crippen molar-refractivity contribution in [3.8, 4) is 0 Å². The lowest BCUT2D eigenvalue weighted by atomic mass is 9.88. The number of hydrogen-bond donors (Lipinski definition) is 1. The highest BCUT2D eigenvalue weighted by Gasteiger charge is 2.53. The summed E-state index contributed by atoms with van der Waals surface area (Å²) in [4.78, 5) is 0. The summed E-state index contributed by atoms with van der Waals surface area (Å²) in [5.74, 6) is 0.768. The molecule has 0 aromatic carbocycles. The minimum absolute atomic E-state index is 0.188. The lowest BCUT2D eigenvalue weighted by molar-refractivity contribution is 0.135. The van der Waals surface area contributed by atoms with Crippen molar-refractivity contribution in [2.24, 2.45) is 11.7 Å². The third-order valence-corrected chi connectivity index (χ3v) is 4.86. The molecule has 1 saturated heterocycles. The second-order valence-corrected chi connectivity index (χ2v) is 6.43. The van der Waals surface area contributed by atoms with Gasteiger partial charge in [-0.1, -0.05) is 0 Å². The molecule has 1 saturated carbocycles. The molecule has 0 radical (unpaired) electrons. The summed E-state index contributed by atoms with van der Waals surface area (Å²) in [5, 5.41) is 0. The molecule has 0 unspecified atom stereocenters. The van der Waals surface area contributed by atoms with E-state index in [-0.39, 0.29) is 11.3 Å². The van der Waals surface area contributed by atoms with E-state index in [1.165, 1.54) is 17.1 Å². The van der Waals surface area contributed by atoms with Crippen LogP contribution < -0.4 is 5.73 Å². The van der Waals surface area contributed by atoms with Crippen LogP contribution in [0.4, 0.5) is 0 Å². The second-order valence-electron chi connectivity index (χ2n) is 4.18. The summed E-state index contributed by atoms with van der Waals surface area (Å²) in [7, 11) is -2.98. The molecule has 0 spiro atoms. The van der Waals surface area contributed by atoms with E-state index in [0.29, 0.717) is 19.0 Å². The van der Waals surface area contributed by atoms with Gasteiger partial charge in [-0.2, -0.15) is 4.31 Å². The van der Waals surface area contributed by atoms with Gasteiger partial charge < -0.3 is 5.73 Å². The standard InChI is InChI=1S/C8H16N2O2S/c1-2-13(11,12)10-5-8(9,6-10)7-3-4-7/h7H,2-6,9H2,1H3. The van der Waals surface area contributed by atoms with Gasteiger partial charge in [0.15, 0.2) is 0 Å². The van der Waals surface area contributed by atoms with E-state index in [1.807, 2.05) is 0 Å². The maximum Gasteiger partial charge on any atom is 0.213 e. The fourth-order valence-corrected chi connectivity index (χ4v) is 3.15. The van der Waals surface area contributed by atoms with Crippen molar-refractivity contribution in [1.82, 2.24) is 4.31 Å². The Kier molecular flexibility index (Phi) is 1.94. The van der Waals surface area contributed by atoms with E-state index in [1.54, 1.807) is 6.92 Å². The predicted octanol–water partition coefficient (Wildman–Crippen LogP) is -0.241. The zero-order valence-electron chi connectivity index (χ0n) is 7.86. The molecule has 0 bridgehead atoms. The number of rotatable bonds is 3. The molecular formula is C8H16N2O2S. The van der Waals surface area contributed by atoms with Crippen LogP contribution >= 0.6 is 0 Å². The summed E-state index contributed by atoms with van der Waals surface area (Å²) in [5.41, 5.74) is 5.85. The average molecular weight is 204 g/mol. The number of sulfonamides is 1. The molecule has 0 amide bonds. The molecule has 0 aromatic rings. The van der Waals surface area contributed by atoms with Crippen molar-refractivity contribution in [3.05, 3.63) is 0 Å². The topological polar surface area (TPSA) is 63.4 Å². The summed E-state index contributed by atoms with van der Waals surface area (Å²) >= 11 is 0. The molecular weight excluding hydrogens is 188 g/mol. The molecule has 1 aliphatic heterocycles. The van der Waals surface area contributed by atoms with Crippen molar-refractivity contribution < 1.29 is 8.42 Å². The highest BCUT2D eigenvalue weighted by Crippen LogP contribution is 2.43. The van der Waals surface area contributed by atoms with Crippen LogP contribution in [0.5, 0.6) is 0 Å². The Labute approximate surface area is 79.1 Å². The molecule has 2 N–H and O–H groups in total. The fourth-order valence-electron chi connectivity index (χ4n) is 1.91. The zero-order valence-corrected chi connectivity index (χ0v) is 8.68. The van der Waals surface area contributed by atoms with Crippen molar-refractivity contribution >= 4 is 10.0 Å². The van der Waals surface area contributed by atoms with Crippen LogP contribution in [-0.4, -0.2) is 37.1 Å². The molecule has 1 heterocycles. The van der Waals surface area contributed by atoms with Crippen molar-refractivity contribution in [2.45, 2.75) is 25.3 Å². The minimum Gasteiger partial charge on any atom is -0.323 e. The van der Waals surface area contributed by atoms with Crippen molar-refractivity contribution in [3.63, 3.8) is 0 Å². The first-order valence-electron chi connectivity index (χ1n) is 4.75. The van der Waals surface area contributed by atoms with Crippen LogP contribution in [0.2, 0.25) is 0 Å². The molecule has 2 fully saturated rings. The van der Waals surface area contributed by atoms with Gasteiger partial charge in [0.2, 0.25) is 10.0 Å². The Balaban J connectivity index is 1.97. The largest absolute Gasteiger partial charge is 0.323 e. The normalized spacial score (nSPS) is 28.5. The molecule has 13 heavy (non-hydrogen) atoms. The Morgan fingerprint density at radius 3 is 2.38 bits per heavy atom. The summed E-state index contributed by atoms with van der Waals surface area (Å²) < 4.78 is 24.3. The van der Waals surface area contributed by atoms with Gasteiger partial charge in [-0.3, -0.25) is 0 Å². The fraction of sp³-hybridized carbons (Fsp3) is 1.00. The second kappa shape index (κ2) is 2.68. The maximum atomic E-state index is 11.4.